The van der Waals surface area contributed by atoms with E-state index in [0.717, 1.165) is 58.5 Å². The lowest BCUT2D eigenvalue weighted by molar-refractivity contribution is -0.114. The van der Waals surface area contributed by atoms with Crippen LogP contribution in [-0.2, 0) is 9.59 Å². The van der Waals surface area contributed by atoms with Crippen molar-refractivity contribution >= 4 is 56.9 Å². The number of hydrogen-bond donors (Lipinski definition) is 2. The molecule has 18 heteroatoms. The highest BCUT2D eigenvalue weighted by Gasteiger charge is 2.26. The monoisotopic (exact) mass is 1140 g/mol. The Morgan fingerprint density at radius 1 is 0.494 bits per heavy atom. The smallest absolute Gasteiger partial charge is 0.250 e. The fraction of sp³-hybridized carbons (Fsp3) is 0.224. The van der Waals surface area contributed by atoms with Crippen LogP contribution in [0.15, 0.2) is 195 Å². The molecule has 12 rings (SSSR count). The summed E-state index contributed by atoms with van der Waals surface area (Å²) < 4.78 is 15.4. The lowest BCUT2D eigenvalue weighted by Gasteiger charge is -2.33. The fourth-order valence-corrected chi connectivity index (χ4v) is 9.72. The lowest BCUT2D eigenvalue weighted by Crippen LogP contribution is -2.37. The van der Waals surface area contributed by atoms with E-state index in [9.17, 15) is 9.59 Å². The van der Waals surface area contributed by atoms with Crippen molar-refractivity contribution in [3.63, 3.8) is 0 Å². The normalized spacial score (nSPS) is 13.1. The van der Waals surface area contributed by atoms with Crippen LogP contribution < -0.4 is 30.7 Å². The number of aromatic nitrogens is 8. The summed E-state index contributed by atoms with van der Waals surface area (Å²) in [6.07, 6.45) is 16.3. The van der Waals surface area contributed by atoms with Crippen LogP contribution >= 0.6 is 0 Å². The average Bonchev–Trinajstić information content (AvgIpc) is 2.07. The van der Waals surface area contributed by atoms with Crippen molar-refractivity contribution in [2.45, 2.75) is 59.0 Å². The molecular weight excluding hydrogens is 1060 g/mol. The predicted octanol–water partition coefficient (Wildman–Crippen LogP) is 12.6. The van der Waals surface area contributed by atoms with Gasteiger partial charge in [-0.25, -0.2) is 29.3 Å². The predicted molar refractivity (Wildman–Crippen MR) is 341 cm³/mol. The third kappa shape index (κ3) is 13.7. The third-order valence-corrected chi connectivity index (χ3v) is 15.0. The number of nitrogen functional groups attached to an aromatic ring is 2. The molecule has 2 fully saturated rings. The van der Waals surface area contributed by atoms with E-state index in [4.69, 9.17) is 31.1 Å². The summed E-state index contributed by atoms with van der Waals surface area (Å²) in [7, 11) is 7.75. The Labute approximate surface area is 496 Å². The first kappa shape index (κ1) is 59.6. The Hall–Kier alpha value is -10.0. The number of carbonyl (C=O) groups excluding carboxylic acids is 2. The van der Waals surface area contributed by atoms with E-state index in [-0.39, 0.29) is 26.7 Å². The minimum atomic E-state index is -0.0750. The van der Waals surface area contributed by atoms with Crippen molar-refractivity contribution in [1.82, 2.24) is 49.3 Å². The molecule has 85 heavy (non-hydrogen) atoms. The first-order valence-electron chi connectivity index (χ1n) is 27.6. The van der Waals surface area contributed by atoms with Gasteiger partial charge in [-0.1, -0.05) is 69.8 Å². The van der Waals surface area contributed by atoms with Gasteiger partial charge in [0.2, 0.25) is 11.8 Å². The number of likely N-dealkylation sites (N-methyl/N-ethyl adjacent to an activating group) is 4. The maximum absolute atomic E-state index is 12.8. The third-order valence-electron chi connectivity index (χ3n) is 15.0. The highest BCUT2D eigenvalue weighted by Crippen LogP contribution is 2.36. The number of fused-ring (bicyclic) bond motifs is 2. The van der Waals surface area contributed by atoms with Crippen LogP contribution in [0.25, 0.3) is 56.0 Å². The summed E-state index contributed by atoms with van der Waals surface area (Å²) >= 11 is 0. The van der Waals surface area contributed by atoms with Crippen molar-refractivity contribution in [1.29, 1.82) is 0 Å². The Balaban J connectivity index is 0.000000199. The van der Waals surface area contributed by atoms with E-state index in [1.165, 1.54) is 44.8 Å². The molecule has 2 aliphatic rings. The molecule has 0 radical (unpaired) electrons. The van der Waals surface area contributed by atoms with E-state index >= 15 is 0 Å². The van der Waals surface area contributed by atoms with Crippen molar-refractivity contribution in [3.8, 4) is 56.9 Å². The quantitative estimate of drug-likeness (QED) is 0.0767. The second-order valence-corrected chi connectivity index (χ2v) is 20.6. The van der Waals surface area contributed by atoms with Gasteiger partial charge >= 0.3 is 0 Å². The molecule has 4 N–H and O–H groups in total. The van der Waals surface area contributed by atoms with Gasteiger partial charge in [0, 0.05) is 73.9 Å². The lowest BCUT2D eigenvalue weighted by atomic mass is 9.92. The van der Waals surface area contributed by atoms with Gasteiger partial charge in [-0.3, -0.25) is 19.4 Å². The number of nitrogens with two attached hydrogens (primary N) is 2. The first-order valence-corrected chi connectivity index (χ1v) is 27.6. The number of benzene rings is 6. The van der Waals surface area contributed by atoms with Gasteiger partial charge in [0.05, 0.1) is 22.1 Å². The first-order chi connectivity index (χ1) is 40.4. The molecule has 0 unspecified atom stereocenters. The van der Waals surface area contributed by atoms with Gasteiger partial charge in [-0.05, 0) is 161 Å². The largest absolute Gasteiger partial charge is 0.457 e. The summed E-state index contributed by atoms with van der Waals surface area (Å²) in [6, 6.07) is 51.1. The van der Waals surface area contributed by atoms with Crippen molar-refractivity contribution < 1.29 is 19.1 Å². The van der Waals surface area contributed by atoms with E-state index in [1.54, 1.807) is 45.4 Å². The molecule has 0 aliphatic heterocycles. The molecular formula is C67H72N14O4. The van der Waals surface area contributed by atoms with Crippen molar-refractivity contribution in [3.05, 3.63) is 195 Å². The zero-order valence-electron chi connectivity index (χ0n) is 46.7. The molecule has 18 nitrogen and oxygen atoms in total. The van der Waals surface area contributed by atoms with Crippen molar-refractivity contribution in [2.75, 3.05) is 62.5 Å². The van der Waals surface area contributed by atoms with Crippen molar-refractivity contribution in [2.24, 2.45) is 0 Å². The van der Waals surface area contributed by atoms with Gasteiger partial charge in [0.25, 0.3) is 0 Å². The van der Waals surface area contributed by atoms with Crippen LogP contribution in [0.5, 0.6) is 23.0 Å². The van der Waals surface area contributed by atoms with Crippen LogP contribution in [-0.4, -0.2) is 114 Å². The van der Waals surface area contributed by atoms with E-state index < -0.39 is 0 Å². The highest BCUT2D eigenvalue weighted by molar-refractivity contribution is 6.03. The maximum Gasteiger partial charge on any atom is 0.250 e. The summed E-state index contributed by atoms with van der Waals surface area (Å²) in [5.41, 5.74) is 20.0. The summed E-state index contributed by atoms with van der Waals surface area (Å²) in [6.45, 7) is 1.54. The molecule has 0 spiro atoms. The molecule has 0 bridgehead atoms. The Bertz CT molecular complexity index is 3920. The zero-order chi connectivity index (χ0) is 57.4. The number of nitrogens with zero attached hydrogens (tertiary/aromatic N) is 12. The topological polar surface area (TPSA) is 205 Å². The number of para-hydroxylation sites is 2. The van der Waals surface area contributed by atoms with Gasteiger partial charge < -0.3 is 30.7 Å². The average molecular weight is 1140 g/mol. The Morgan fingerprint density at radius 2 is 0.859 bits per heavy atom. The number of rotatable bonds is 18. The minimum absolute atomic E-state index is 0. The van der Waals surface area contributed by atoms with Gasteiger partial charge in [-0.2, -0.15) is 10.2 Å². The Kier molecular flexibility index (Phi) is 18.9. The molecule has 2 amide bonds. The fourth-order valence-electron chi connectivity index (χ4n) is 9.72. The molecule has 0 saturated heterocycles. The second kappa shape index (κ2) is 26.9. The Morgan fingerprint density at radius 3 is 1.21 bits per heavy atom. The van der Waals surface area contributed by atoms with Gasteiger partial charge in [-0.15, -0.1) is 0 Å². The van der Waals surface area contributed by atoms with Crippen LogP contribution in [0.3, 0.4) is 0 Å². The second-order valence-electron chi connectivity index (χ2n) is 20.6. The van der Waals surface area contributed by atoms with Gasteiger partial charge in [0.15, 0.2) is 11.3 Å². The number of amides is 2. The molecule has 4 heterocycles. The molecule has 2 saturated carbocycles. The molecule has 434 valence electrons. The molecule has 0 atom stereocenters. The zero-order valence-corrected chi connectivity index (χ0v) is 46.7. The molecule has 4 aromatic heterocycles. The highest BCUT2D eigenvalue weighted by atomic mass is 16.5. The van der Waals surface area contributed by atoms with Gasteiger partial charge in [0.1, 0.15) is 58.7 Å². The van der Waals surface area contributed by atoms with Crippen LogP contribution in [0.1, 0.15) is 47.0 Å². The molecule has 2 aliphatic carbocycles. The standard InChI is InChI=1S/C33H33N7O2.C32H31N7O2.2CH4/c1-38(24-8-6-9-24)21-7-12-29(41)39(2)25-15-17-26(18-16-25)40-33-30(32(34)35-22-36-33)31(37-40)23-13-19-28(20-14-23)42-27-10-4-3-5-11-27;1-37(23-12-13-23)20-6-9-28(40)38(2)24-14-16-25(17-15-24)39-32-29(31(33)34-21-35-32)30(36-39)22-10-18-27(19-11-22)41-26-7-4-3-5-8-26;;/h3-5,7,10-20,22,24H,6,8-9,21H2,1-2H3,(H2,34,35,36);3-11,14-19,21,23H,12-13,20H2,1-2H3,(H2,33,34,35);2*1H4/b12-7+;9-6+;;. The number of ether oxygens (including phenoxy) is 2. The summed E-state index contributed by atoms with van der Waals surface area (Å²) in [5.74, 6) is 3.51. The number of hydrogen-bond acceptors (Lipinski definition) is 14. The van der Waals surface area contributed by atoms with Crippen LogP contribution in [0.2, 0.25) is 0 Å². The van der Waals surface area contributed by atoms with E-state index in [2.05, 4.69) is 43.8 Å². The molecule has 10 aromatic rings. The minimum Gasteiger partial charge on any atom is -0.457 e. The summed E-state index contributed by atoms with van der Waals surface area (Å²) in [5, 5.41) is 11.1. The van der Waals surface area contributed by atoms with E-state index in [1.807, 2.05) is 170 Å². The molecule has 6 aromatic carbocycles. The van der Waals surface area contributed by atoms with Crippen LogP contribution in [0, 0.1) is 0 Å². The van der Waals surface area contributed by atoms with E-state index in [0.29, 0.717) is 68.7 Å². The maximum atomic E-state index is 12.8. The summed E-state index contributed by atoms with van der Waals surface area (Å²) in [4.78, 5) is 50.8. The van der Waals surface area contributed by atoms with Crippen LogP contribution in [0.4, 0.5) is 23.0 Å². The SMILES string of the molecule is C.C.CN(C(=O)/C=C/CN(C)C1CC1)c1ccc(-n2nc(-c3ccc(Oc4ccccc4)cc3)c3c(N)ncnc32)cc1.CN(C(=O)/C=C/CN(C)C1CCC1)c1ccc(-n2nc(-c3ccc(Oc4ccccc4)cc3)c3c(N)ncnc32)cc1. The number of carbonyl (C=O) groups is 2. The number of anilines is 4.